The van der Waals surface area contributed by atoms with E-state index in [4.69, 9.17) is 11.5 Å². The van der Waals surface area contributed by atoms with Crippen LogP contribution < -0.4 is 27.0 Å². The number of hydrogen-bond acceptors (Lipinski definition) is 9. The molecule has 3 fully saturated rings. The summed E-state index contributed by atoms with van der Waals surface area (Å²) >= 11 is 0. The fraction of sp³-hybridized carbons (Fsp3) is 0.467. The summed E-state index contributed by atoms with van der Waals surface area (Å²) in [5, 5.41) is 24.2. The number of carbonyl (C=O) groups excluding carboxylic acids is 4. The van der Waals surface area contributed by atoms with Gasteiger partial charge in [-0.2, -0.15) is 13.2 Å². The monoisotopic (exact) mass is 873 g/mol. The summed E-state index contributed by atoms with van der Waals surface area (Å²) in [5.74, 6) is -3.16. The van der Waals surface area contributed by atoms with Crippen LogP contribution in [0.4, 0.5) is 28.4 Å². The molecule has 0 spiro atoms. The minimum absolute atomic E-state index is 0.293. The Morgan fingerprint density at radius 2 is 0.968 bits per heavy atom. The number of carbonyl (C=O) groups is 6. The highest BCUT2D eigenvalue weighted by atomic mass is 19.4. The molecule has 63 heavy (non-hydrogen) atoms. The number of likely N-dealkylation sites (tertiary alicyclic amines) is 2. The number of nitrogens with zero attached hydrogens (tertiary/aromatic N) is 3. The molecule has 8 N–H and O–H groups in total. The first-order valence-electron chi connectivity index (χ1n) is 21.1. The van der Waals surface area contributed by atoms with E-state index in [1.165, 1.54) is 12.1 Å². The minimum Gasteiger partial charge on any atom is -0.465 e. The maximum Gasteiger partial charge on any atom is 0.416 e. The van der Waals surface area contributed by atoms with Gasteiger partial charge >= 0.3 is 18.4 Å². The average molecular weight is 874 g/mol. The third kappa shape index (κ3) is 6.46. The number of carboxylic acid groups (broad SMARTS) is 2. The second kappa shape index (κ2) is 15.4. The van der Waals surface area contributed by atoms with E-state index in [1.807, 2.05) is 9.80 Å². The molecule has 334 valence electrons. The molecule has 6 amide bonds. The number of nitrogens with one attached hydrogen (secondary N) is 2. The Morgan fingerprint density at radius 1 is 0.603 bits per heavy atom. The third-order valence-electron chi connectivity index (χ3n) is 14.9. The Bertz CT molecular complexity index is 2230. The van der Waals surface area contributed by atoms with Crippen LogP contribution in [0, 0.1) is 0 Å². The Hall–Kier alpha value is -6.01. The number of primary amides is 2. The van der Waals surface area contributed by atoms with Crippen molar-refractivity contribution in [2.75, 3.05) is 18.0 Å². The number of anilines is 1. The van der Waals surface area contributed by atoms with Crippen molar-refractivity contribution in [3.63, 3.8) is 0 Å². The lowest BCUT2D eigenvalue weighted by Crippen LogP contribution is -2.72. The van der Waals surface area contributed by atoms with Gasteiger partial charge in [0.25, 0.3) is 11.8 Å². The highest BCUT2D eigenvalue weighted by molar-refractivity contribution is 6.01. The number of imide groups is 2. The Balaban J connectivity index is 1.29. The predicted octanol–water partition coefficient (Wildman–Crippen LogP) is 4.64. The Labute approximate surface area is 360 Å². The highest BCUT2D eigenvalue weighted by Crippen LogP contribution is 2.58. The van der Waals surface area contributed by atoms with Crippen molar-refractivity contribution < 1.29 is 52.2 Å². The predicted molar refractivity (Wildman–Crippen MR) is 221 cm³/mol. The summed E-state index contributed by atoms with van der Waals surface area (Å²) in [4.78, 5) is 85.9. The van der Waals surface area contributed by atoms with Crippen LogP contribution in [0.15, 0.2) is 72.8 Å². The van der Waals surface area contributed by atoms with Crippen molar-refractivity contribution in [3.8, 4) is 0 Å². The highest BCUT2D eigenvalue weighted by Gasteiger charge is 2.67. The first-order chi connectivity index (χ1) is 29.7. The molecule has 15 nitrogen and oxygen atoms in total. The molecule has 3 heterocycles. The lowest BCUT2D eigenvalue weighted by Gasteiger charge is -2.58. The van der Waals surface area contributed by atoms with E-state index < -0.39 is 93.6 Å². The molecule has 0 radical (unpaired) electrons. The molecule has 3 aliphatic heterocycles. The van der Waals surface area contributed by atoms with Crippen LogP contribution in [0.25, 0.3) is 0 Å². The fourth-order valence-corrected chi connectivity index (χ4v) is 12.8. The van der Waals surface area contributed by atoms with E-state index in [0.29, 0.717) is 79.6 Å². The topological polar surface area (TPSA) is 229 Å². The minimum atomic E-state index is -4.64. The number of fused-ring (bicyclic) bond motifs is 6. The van der Waals surface area contributed by atoms with Gasteiger partial charge < -0.3 is 26.6 Å². The van der Waals surface area contributed by atoms with Gasteiger partial charge in [0.05, 0.1) is 5.56 Å². The number of halogens is 3. The lowest BCUT2D eigenvalue weighted by atomic mass is 9.56. The molecule has 3 aromatic rings. The average Bonchev–Trinajstić information content (AvgIpc) is 3.98. The normalized spacial score (nSPS) is 31.3. The zero-order chi connectivity index (χ0) is 45.4. The summed E-state index contributed by atoms with van der Waals surface area (Å²) < 4.78 is 42.2. The first-order valence-corrected chi connectivity index (χ1v) is 21.1. The number of hydrogen-bond donors (Lipinski definition) is 6. The summed E-state index contributed by atoms with van der Waals surface area (Å²) in [5.41, 5.74) is 7.22. The zero-order valence-corrected chi connectivity index (χ0v) is 34.8. The van der Waals surface area contributed by atoms with Crippen LogP contribution in [-0.2, 0) is 47.3 Å². The SMILES string of the molecule is CC1(CC(N)=O)c2ccc(cc2)[C@]1(C(=O)NC(=O)O)N1CCCC1[C@H]1CC[C@H](C2CCCN2[C@@]2(C(=O)NC(=O)O)c3ccc(cc3)C2(C)CC(N)=O)N1c1ccc(C(F)(F)F)cc1. The van der Waals surface area contributed by atoms with Gasteiger partial charge in [-0.15, -0.1) is 0 Å². The molecule has 0 aromatic heterocycles. The first kappa shape index (κ1) is 43.6. The summed E-state index contributed by atoms with van der Waals surface area (Å²) in [6.07, 6.45) is -5.48. The molecule has 0 saturated carbocycles. The molecule has 7 aliphatic rings. The fourth-order valence-electron chi connectivity index (χ4n) is 12.8. The van der Waals surface area contributed by atoms with Crippen LogP contribution >= 0.6 is 0 Å². The quantitative estimate of drug-likeness (QED) is 0.156. The summed E-state index contributed by atoms with van der Waals surface area (Å²) in [6, 6.07) is 16.7. The molecule has 4 bridgehead atoms. The summed E-state index contributed by atoms with van der Waals surface area (Å²) in [6.45, 7) is 4.03. The van der Waals surface area contributed by atoms with Crippen molar-refractivity contribution >= 4 is 41.5 Å². The lowest BCUT2D eigenvalue weighted by molar-refractivity contribution is -0.144. The maximum absolute atomic E-state index is 14.8. The van der Waals surface area contributed by atoms with E-state index in [-0.39, 0.29) is 12.8 Å². The van der Waals surface area contributed by atoms with Crippen molar-refractivity contribution in [2.24, 2.45) is 11.5 Å². The number of nitrogens with two attached hydrogens (primary N) is 2. The van der Waals surface area contributed by atoms with E-state index in [1.54, 1.807) is 62.4 Å². The number of benzene rings is 3. The van der Waals surface area contributed by atoms with Gasteiger partial charge in [0.15, 0.2) is 0 Å². The number of amides is 6. The molecule has 4 aliphatic carbocycles. The molecular formula is C45H50F3N7O8. The van der Waals surface area contributed by atoms with Gasteiger partial charge in [0.1, 0.15) is 11.1 Å². The Morgan fingerprint density at radius 3 is 1.30 bits per heavy atom. The van der Waals surface area contributed by atoms with Crippen molar-refractivity contribution in [1.82, 2.24) is 20.4 Å². The Kier molecular flexibility index (Phi) is 10.6. The van der Waals surface area contributed by atoms with Gasteiger partial charge in [-0.3, -0.25) is 39.6 Å². The third-order valence-corrected chi connectivity index (χ3v) is 14.9. The molecule has 8 atom stereocenters. The zero-order valence-electron chi connectivity index (χ0n) is 34.8. The van der Waals surface area contributed by atoms with Crippen molar-refractivity contribution in [2.45, 2.75) is 117 Å². The largest absolute Gasteiger partial charge is 0.465 e. The second-order valence-electron chi connectivity index (χ2n) is 18.0. The molecular weight excluding hydrogens is 824 g/mol. The van der Waals surface area contributed by atoms with Crippen LogP contribution in [0.1, 0.15) is 93.0 Å². The van der Waals surface area contributed by atoms with E-state index in [0.717, 1.165) is 12.1 Å². The van der Waals surface area contributed by atoms with Crippen molar-refractivity contribution in [3.05, 3.63) is 101 Å². The van der Waals surface area contributed by atoms with Gasteiger partial charge in [-0.1, -0.05) is 62.4 Å². The molecule has 10 rings (SSSR count). The molecule has 3 aromatic carbocycles. The van der Waals surface area contributed by atoms with Crippen LogP contribution in [0.3, 0.4) is 0 Å². The van der Waals surface area contributed by atoms with Crippen LogP contribution in [0.5, 0.6) is 0 Å². The standard InChI is InChI=1S/C45H50F3N7O8/c1-41(23-35(49)56)25-7-11-27(12-8-25)43(41,37(58)51-39(60)61)53-21-3-5-31(53)33-19-20-34(55(33)30-17-15-29(16-18-30)45(46,47)48)32-6-4-22-54(32)44(38(59)52-40(62)63)28-13-9-26(10-14-28)42(44,2)24-36(50)57/h7-18,31-34H,3-6,19-24H2,1-2H3,(H2,49,56)(H2,50,57)(H,51,58)(H,52,59)(H,60,61)(H,62,63)/t31?,32?,33-,34-,41?,42?,43-,44-/m1/s1. The maximum atomic E-state index is 14.8. The van der Waals surface area contributed by atoms with E-state index >= 15 is 0 Å². The van der Waals surface area contributed by atoms with Gasteiger partial charge in [0, 0.05) is 53.5 Å². The molecule has 3 saturated heterocycles. The van der Waals surface area contributed by atoms with Gasteiger partial charge in [-0.05, 0) is 98.1 Å². The second-order valence-corrected chi connectivity index (χ2v) is 18.0. The number of rotatable bonds is 11. The molecule has 4 unspecified atom stereocenters. The van der Waals surface area contributed by atoms with Crippen LogP contribution in [0.2, 0.25) is 0 Å². The number of alkyl halides is 3. The van der Waals surface area contributed by atoms with Gasteiger partial charge in [0.2, 0.25) is 11.8 Å². The molecule has 18 heteroatoms. The van der Waals surface area contributed by atoms with E-state index in [2.05, 4.69) is 15.5 Å². The van der Waals surface area contributed by atoms with Gasteiger partial charge in [-0.25, -0.2) is 9.59 Å². The van der Waals surface area contributed by atoms with Crippen LogP contribution in [-0.4, -0.2) is 93.1 Å². The van der Waals surface area contributed by atoms with Crippen molar-refractivity contribution in [1.29, 1.82) is 0 Å². The van der Waals surface area contributed by atoms with E-state index in [9.17, 15) is 52.2 Å². The smallest absolute Gasteiger partial charge is 0.416 e. The summed E-state index contributed by atoms with van der Waals surface area (Å²) in [7, 11) is 0.